The predicted octanol–water partition coefficient (Wildman–Crippen LogP) is 2.91. The molecule has 0 radical (unpaired) electrons. The van der Waals surface area contributed by atoms with Crippen molar-refractivity contribution < 1.29 is 9.47 Å². The van der Waals surface area contributed by atoms with E-state index in [1.54, 1.807) is 0 Å². The number of likely N-dealkylation sites (N-methyl/N-ethyl adjacent to an activating group) is 1. The highest BCUT2D eigenvalue weighted by Gasteiger charge is 2.30. The highest BCUT2D eigenvalue weighted by molar-refractivity contribution is 5.38. The first-order valence-electron chi connectivity index (χ1n) is 6.93. The maximum absolute atomic E-state index is 5.96. The molecule has 1 heterocycles. The smallest absolute Gasteiger partial charge is 0.124 e. The normalized spacial score (nSPS) is 22.3. The number of ether oxygens (including phenoxy) is 2. The summed E-state index contributed by atoms with van der Waals surface area (Å²) >= 11 is 0. The van der Waals surface area contributed by atoms with Crippen LogP contribution in [0.1, 0.15) is 38.3 Å². The van der Waals surface area contributed by atoms with E-state index < -0.39 is 0 Å². The average Bonchev–Trinajstić information content (AvgIpc) is 2.41. The van der Waals surface area contributed by atoms with E-state index in [-0.39, 0.29) is 12.1 Å². The number of nitrogens with one attached hydrogen (secondary N) is 1. The Morgan fingerprint density at radius 1 is 1.33 bits per heavy atom. The van der Waals surface area contributed by atoms with E-state index in [1.807, 2.05) is 12.1 Å². The zero-order valence-corrected chi connectivity index (χ0v) is 11.3. The van der Waals surface area contributed by atoms with E-state index in [0.717, 1.165) is 31.7 Å². The van der Waals surface area contributed by atoms with Gasteiger partial charge in [-0.1, -0.05) is 38.5 Å². The summed E-state index contributed by atoms with van der Waals surface area (Å²) in [6.45, 7) is 6.69. The van der Waals surface area contributed by atoms with Crippen LogP contribution in [0.4, 0.5) is 0 Å². The Balaban J connectivity index is 2.08. The van der Waals surface area contributed by atoms with Crippen LogP contribution in [0.3, 0.4) is 0 Å². The van der Waals surface area contributed by atoms with Crippen molar-refractivity contribution in [2.24, 2.45) is 0 Å². The lowest BCUT2D eigenvalue weighted by atomic mass is 9.98. The molecule has 1 N–H and O–H groups in total. The van der Waals surface area contributed by atoms with Gasteiger partial charge in [-0.3, -0.25) is 0 Å². The van der Waals surface area contributed by atoms with E-state index in [0.29, 0.717) is 6.61 Å². The Labute approximate surface area is 109 Å². The van der Waals surface area contributed by atoms with Crippen molar-refractivity contribution in [3.8, 4) is 5.75 Å². The fraction of sp³-hybridized carbons (Fsp3) is 0.600. The highest BCUT2D eigenvalue weighted by Crippen LogP contribution is 2.33. The summed E-state index contributed by atoms with van der Waals surface area (Å²) in [5.41, 5.74) is 1.21. The molecule has 0 aliphatic carbocycles. The largest absolute Gasteiger partial charge is 0.490 e. The lowest BCUT2D eigenvalue weighted by Gasteiger charge is -2.34. The molecule has 100 valence electrons. The van der Waals surface area contributed by atoms with Gasteiger partial charge in [0.15, 0.2) is 0 Å². The van der Waals surface area contributed by atoms with Crippen LogP contribution in [0.15, 0.2) is 24.3 Å². The molecular weight excluding hydrogens is 226 g/mol. The Hall–Kier alpha value is -1.06. The number of rotatable bonds is 6. The second-order valence-electron chi connectivity index (χ2n) is 4.65. The van der Waals surface area contributed by atoms with Gasteiger partial charge in [0.25, 0.3) is 0 Å². The van der Waals surface area contributed by atoms with Crippen LogP contribution in [0.5, 0.6) is 5.75 Å². The lowest BCUT2D eigenvalue weighted by molar-refractivity contribution is -0.0161. The topological polar surface area (TPSA) is 30.5 Å². The van der Waals surface area contributed by atoms with Crippen LogP contribution in [-0.4, -0.2) is 25.9 Å². The van der Waals surface area contributed by atoms with Gasteiger partial charge in [0.2, 0.25) is 0 Å². The quantitative estimate of drug-likeness (QED) is 0.786. The Morgan fingerprint density at radius 3 is 2.94 bits per heavy atom. The minimum Gasteiger partial charge on any atom is -0.490 e. The SMILES string of the molecule is CCCCOC1COc2ccccc2C1NCC. The van der Waals surface area contributed by atoms with Gasteiger partial charge in [-0.2, -0.15) is 0 Å². The van der Waals surface area contributed by atoms with Gasteiger partial charge < -0.3 is 14.8 Å². The van der Waals surface area contributed by atoms with Crippen molar-refractivity contribution in [1.29, 1.82) is 0 Å². The molecule has 1 aliphatic rings. The molecule has 1 aromatic rings. The highest BCUT2D eigenvalue weighted by atomic mass is 16.5. The van der Waals surface area contributed by atoms with Crippen molar-refractivity contribution in [3.63, 3.8) is 0 Å². The predicted molar refractivity (Wildman–Crippen MR) is 73.0 cm³/mol. The molecule has 18 heavy (non-hydrogen) atoms. The van der Waals surface area contributed by atoms with Gasteiger partial charge >= 0.3 is 0 Å². The molecule has 1 aliphatic heterocycles. The number of hydrogen-bond acceptors (Lipinski definition) is 3. The van der Waals surface area contributed by atoms with Gasteiger partial charge in [-0.25, -0.2) is 0 Å². The van der Waals surface area contributed by atoms with Crippen molar-refractivity contribution in [1.82, 2.24) is 5.32 Å². The first-order chi connectivity index (χ1) is 8.86. The summed E-state index contributed by atoms with van der Waals surface area (Å²) < 4.78 is 11.7. The van der Waals surface area contributed by atoms with Gasteiger partial charge in [-0.15, -0.1) is 0 Å². The minimum atomic E-state index is 0.117. The van der Waals surface area contributed by atoms with Crippen molar-refractivity contribution >= 4 is 0 Å². The van der Waals surface area contributed by atoms with E-state index in [2.05, 4.69) is 31.3 Å². The zero-order valence-electron chi connectivity index (χ0n) is 11.3. The van der Waals surface area contributed by atoms with Gasteiger partial charge in [0, 0.05) is 12.2 Å². The fourth-order valence-corrected chi connectivity index (χ4v) is 2.32. The molecule has 3 nitrogen and oxygen atoms in total. The molecule has 0 saturated carbocycles. The summed E-state index contributed by atoms with van der Waals surface area (Å²) in [5, 5.41) is 3.51. The van der Waals surface area contributed by atoms with E-state index in [9.17, 15) is 0 Å². The molecular formula is C15H23NO2. The van der Waals surface area contributed by atoms with Crippen molar-refractivity contribution in [2.75, 3.05) is 19.8 Å². The van der Waals surface area contributed by atoms with Crippen LogP contribution < -0.4 is 10.1 Å². The third kappa shape index (κ3) is 3.03. The summed E-state index contributed by atoms with van der Waals surface area (Å²) in [6, 6.07) is 8.47. The van der Waals surface area contributed by atoms with Gasteiger partial charge in [0.1, 0.15) is 18.5 Å². The number of unbranched alkanes of at least 4 members (excludes halogenated alkanes) is 1. The molecule has 0 amide bonds. The fourth-order valence-electron chi connectivity index (χ4n) is 2.32. The number of benzene rings is 1. The summed E-state index contributed by atoms with van der Waals surface area (Å²) in [4.78, 5) is 0. The van der Waals surface area contributed by atoms with Crippen LogP contribution in [-0.2, 0) is 4.74 Å². The summed E-state index contributed by atoms with van der Waals surface area (Å²) in [6.07, 6.45) is 2.39. The van der Waals surface area contributed by atoms with E-state index >= 15 is 0 Å². The maximum Gasteiger partial charge on any atom is 0.124 e. The second-order valence-corrected chi connectivity index (χ2v) is 4.65. The van der Waals surface area contributed by atoms with Crippen LogP contribution >= 0.6 is 0 Å². The number of fused-ring (bicyclic) bond motifs is 1. The van der Waals surface area contributed by atoms with Crippen LogP contribution in [0, 0.1) is 0 Å². The van der Waals surface area contributed by atoms with Gasteiger partial charge in [-0.05, 0) is 19.0 Å². The van der Waals surface area contributed by atoms with Crippen molar-refractivity contribution in [3.05, 3.63) is 29.8 Å². The zero-order chi connectivity index (χ0) is 12.8. The van der Waals surface area contributed by atoms with Crippen molar-refractivity contribution in [2.45, 2.75) is 38.8 Å². The number of hydrogen-bond donors (Lipinski definition) is 1. The second kappa shape index (κ2) is 6.76. The van der Waals surface area contributed by atoms with Gasteiger partial charge in [0.05, 0.1) is 6.04 Å². The molecule has 0 fully saturated rings. The molecule has 2 rings (SSSR count). The molecule has 0 saturated heterocycles. The lowest BCUT2D eigenvalue weighted by Crippen LogP contribution is -2.41. The third-order valence-corrected chi connectivity index (χ3v) is 3.28. The Kier molecular flexibility index (Phi) is 5.02. The van der Waals surface area contributed by atoms with E-state index in [1.165, 1.54) is 5.56 Å². The van der Waals surface area contributed by atoms with E-state index in [4.69, 9.17) is 9.47 Å². The Bertz CT molecular complexity index is 367. The third-order valence-electron chi connectivity index (χ3n) is 3.28. The summed E-state index contributed by atoms with van der Waals surface area (Å²) in [5.74, 6) is 0.985. The molecule has 0 bridgehead atoms. The molecule has 2 unspecified atom stereocenters. The molecule has 0 spiro atoms. The standard InChI is InChI=1S/C15H23NO2/c1-3-5-10-17-14-11-18-13-9-7-6-8-12(13)15(14)16-4-2/h6-9,14-16H,3-5,10-11H2,1-2H3. The Morgan fingerprint density at radius 2 is 2.17 bits per heavy atom. The average molecular weight is 249 g/mol. The minimum absolute atomic E-state index is 0.117. The van der Waals surface area contributed by atoms with Crippen LogP contribution in [0.25, 0.3) is 0 Å². The summed E-state index contributed by atoms with van der Waals surface area (Å²) in [7, 11) is 0. The number of para-hydroxylation sites is 1. The molecule has 1 aromatic carbocycles. The molecule has 2 atom stereocenters. The maximum atomic E-state index is 5.96. The molecule has 0 aromatic heterocycles. The van der Waals surface area contributed by atoms with Crippen LogP contribution in [0.2, 0.25) is 0 Å². The molecule has 3 heteroatoms. The first kappa shape index (κ1) is 13.4. The first-order valence-corrected chi connectivity index (χ1v) is 6.93. The monoisotopic (exact) mass is 249 g/mol.